The van der Waals surface area contributed by atoms with E-state index in [0.717, 1.165) is 25.0 Å². The van der Waals surface area contributed by atoms with Gasteiger partial charge in [0.15, 0.2) is 0 Å². The topological polar surface area (TPSA) is 33.1 Å². The van der Waals surface area contributed by atoms with Crippen LogP contribution >= 0.6 is 0 Å². The van der Waals surface area contributed by atoms with E-state index in [1.165, 1.54) is 25.9 Å². The van der Waals surface area contributed by atoms with Gasteiger partial charge in [-0.25, -0.2) is 4.98 Å². The molecule has 0 saturated carbocycles. The first-order valence-corrected chi connectivity index (χ1v) is 6.34. The van der Waals surface area contributed by atoms with Crippen LogP contribution in [0, 0.1) is 5.92 Å². The molecule has 1 aliphatic rings. The smallest absolute Gasteiger partial charge is 0.203 e. The summed E-state index contributed by atoms with van der Waals surface area (Å²) in [6, 6.07) is 0. The first-order chi connectivity index (χ1) is 8.29. The molecule has 1 aromatic rings. The summed E-state index contributed by atoms with van der Waals surface area (Å²) < 4.78 is 2.22. The van der Waals surface area contributed by atoms with E-state index < -0.39 is 0 Å². The van der Waals surface area contributed by atoms with Crippen LogP contribution in [0.25, 0.3) is 0 Å². The fourth-order valence-corrected chi connectivity index (χ4v) is 2.31. The van der Waals surface area contributed by atoms with Gasteiger partial charge in [0.05, 0.1) is 0 Å². The van der Waals surface area contributed by atoms with Gasteiger partial charge in [0, 0.05) is 25.5 Å². The lowest BCUT2D eigenvalue weighted by Crippen LogP contribution is -2.32. The monoisotopic (exact) mass is 234 g/mol. The van der Waals surface area contributed by atoms with Crippen LogP contribution in [-0.2, 0) is 6.54 Å². The van der Waals surface area contributed by atoms with Gasteiger partial charge in [0.1, 0.15) is 0 Å². The fourth-order valence-electron chi connectivity index (χ4n) is 2.31. The highest BCUT2D eigenvalue weighted by atomic mass is 15.2. The van der Waals surface area contributed by atoms with Crippen LogP contribution in [-0.4, -0.2) is 41.1 Å². The maximum absolute atomic E-state index is 4.33. The van der Waals surface area contributed by atoms with E-state index >= 15 is 0 Å². The third-order valence-corrected chi connectivity index (χ3v) is 3.41. The zero-order valence-electron chi connectivity index (χ0n) is 10.6. The molecule has 1 aromatic heterocycles. The van der Waals surface area contributed by atoms with Crippen molar-refractivity contribution in [2.75, 3.05) is 32.0 Å². The predicted molar refractivity (Wildman–Crippen MR) is 71.1 cm³/mol. The van der Waals surface area contributed by atoms with Crippen LogP contribution in [0.3, 0.4) is 0 Å². The second-order valence-electron chi connectivity index (χ2n) is 4.82. The summed E-state index contributed by atoms with van der Waals surface area (Å²) in [6.07, 6.45) is 8.35. The molecule has 1 fully saturated rings. The number of anilines is 1. The molecule has 2 rings (SSSR count). The number of piperidine rings is 1. The molecule has 2 heterocycles. The van der Waals surface area contributed by atoms with Crippen LogP contribution < -0.4 is 5.32 Å². The van der Waals surface area contributed by atoms with Gasteiger partial charge < -0.3 is 14.8 Å². The summed E-state index contributed by atoms with van der Waals surface area (Å²) in [5, 5.41) is 3.26. The molecular formula is C13H22N4. The molecule has 0 radical (unpaired) electrons. The molecule has 0 unspecified atom stereocenters. The van der Waals surface area contributed by atoms with E-state index in [2.05, 4.69) is 39.6 Å². The molecule has 94 valence electrons. The van der Waals surface area contributed by atoms with Crippen molar-refractivity contribution in [3.05, 3.63) is 25.0 Å². The lowest BCUT2D eigenvalue weighted by Gasteiger charge is -2.29. The molecule has 0 atom stereocenters. The van der Waals surface area contributed by atoms with E-state index in [9.17, 15) is 0 Å². The van der Waals surface area contributed by atoms with Gasteiger partial charge in [-0.3, -0.25) is 0 Å². The number of hydrogen-bond donors (Lipinski definition) is 1. The Hall–Kier alpha value is -1.29. The average molecular weight is 234 g/mol. The standard InChI is InChI=1S/C13H22N4/c1-3-6-14-13-15-7-10-17(13)11-12-4-8-16(2)9-5-12/h3,7,10,12H,1,4-6,8-9,11H2,2H3,(H,14,15). The Balaban J connectivity index is 1.89. The lowest BCUT2D eigenvalue weighted by molar-refractivity contribution is 0.205. The number of rotatable bonds is 5. The third kappa shape index (κ3) is 3.33. The second kappa shape index (κ2) is 5.87. The quantitative estimate of drug-likeness (QED) is 0.789. The molecule has 0 spiro atoms. The highest BCUT2D eigenvalue weighted by Gasteiger charge is 2.17. The molecule has 0 aromatic carbocycles. The summed E-state index contributed by atoms with van der Waals surface area (Å²) in [5.41, 5.74) is 0. The van der Waals surface area contributed by atoms with Gasteiger partial charge in [-0.2, -0.15) is 0 Å². The number of hydrogen-bond acceptors (Lipinski definition) is 3. The molecule has 0 amide bonds. The van der Waals surface area contributed by atoms with Gasteiger partial charge in [-0.1, -0.05) is 6.08 Å². The minimum absolute atomic E-state index is 0.768. The molecule has 17 heavy (non-hydrogen) atoms. The van der Waals surface area contributed by atoms with Gasteiger partial charge in [-0.15, -0.1) is 6.58 Å². The first kappa shape index (κ1) is 12.2. The van der Waals surface area contributed by atoms with E-state index in [4.69, 9.17) is 0 Å². The Labute approximate surface area is 103 Å². The zero-order valence-corrected chi connectivity index (χ0v) is 10.6. The van der Waals surface area contributed by atoms with Crippen LogP contribution in [0.2, 0.25) is 0 Å². The Morgan fingerprint density at radius 1 is 1.53 bits per heavy atom. The maximum Gasteiger partial charge on any atom is 0.203 e. The van der Waals surface area contributed by atoms with Gasteiger partial charge in [0.2, 0.25) is 5.95 Å². The molecule has 4 nitrogen and oxygen atoms in total. The van der Waals surface area contributed by atoms with Gasteiger partial charge in [0.25, 0.3) is 0 Å². The average Bonchev–Trinajstić information content (AvgIpc) is 2.77. The van der Waals surface area contributed by atoms with E-state index in [-0.39, 0.29) is 0 Å². The van der Waals surface area contributed by atoms with Crippen molar-refractivity contribution in [3.63, 3.8) is 0 Å². The summed E-state index contributed by atoms with van der Waals surface area (Å²) in [5.74, 6) is 1.74. The summed E-state index contributed by atoms with van der Waals surface area (Å²) >= 11 is 0. The number of nitrogens with one attached hydrogen (secondary N) is 1. The Kier molecular flexibility index (Phi) is 4.20. The van der Waals surface area contributed by atoms with Crippen LogP contribution in [0.1, 0.15) is 12.8 Å². The van der Waals surface area contributed by atoms with Crippen LogP contribution in [0.5, 0.6) is 0 Å². The summed E-state index contributed by atoms with van der Waals surface area (Å²) in [7, 11) is 2.20. The summed E-state index contributed by atoms with van der Waals surface area (Å²) in [6.45, 7) is 7.99. The summed E-state index contributed by atoms with van der Waals surface area (Å²) in [4.78, 5) is 6.73. The van der Waals surface area contributed by atoms with Crippen molar-refractivity contribution in [1.82, 2.24) is 14.5 Å². The van der Waals surface area contributed by atoms with E-state index in [1.54, 1.807) is 0 Å². The fraction of sp³-hybridized carbons (Fsp3) is 0.615. The number of aromatic nitrogens is 2. The Morgan fingerprint density at radius 2 is 2.29 bits per heavy atom. The number of nitrogens with zero attached hydrogens (tertiary/aromatic N) is 3. The van der Waals surface area contributed by atoms with Crippen molar-refractivity contribution in [2.45, 2.75) is 19.4 Å². The van der Waals surface area contributed by atoms with Crippen molar-refractivity contribution in [3.8, 4) is 0 Å². The minimum atomic E-state index is 0.768. The SMILES string of the molecule is C=CCNc1nccn1CC1CCN(C)CC1. The minimum Gasteiger partial charge on any atom is -0.352 e. The molecule has 0 aliphatic carbocycles. The zero-order chi connectivity index (χ0) is 12.1. The Morgan fingerprint density at radius 3 is 3.00 bits per heavy atom. The second-order valence-corrected chi connectivity index (χ2v) is 4.82. The van der Waals surface area contributed by atoms with Gasteiger partial charge in [-0.05, 0) is 38.9 Å². The lowest BCUT2D eigenvalue weighted by atomic mass is 9.97. The van der Waals surface area contributed by atoms with Crippen LogP contribution in [0.4, 0.5) is 5.95 Å². The van der Waals surface area contributed by atoms with Gasteiger partial charge >= 0.3 is 0 Å². The molecular weight excluding hydrogens is 212 g/mol. The first-order valence-electron chi connectivity index (χ1n) is 6.34. The number of imidazole rings is 1. The molecule has 1 N–H and O–H groups in total. The van der Waals surface area contributed by atoms with Crippen molar-refractivity contribution >= 4 is 5.95 Å². The maximum atomic E-state index is 4.33. The van der Waals surface area contributed by atoms with Crippen molar-refractivity contribution in [2.24, 2.45) is 5.92 Å². The van der Waals surface area contributed by atoms with Crippen LogP contribution in [0.15, 0.2) is 25.0 Å². The third-order valence-electron chi connectivity index (χ3n) is 3.41. The van der Waals surface area contributed by atoms with Crippen molar-refractivity contribution in [1.29, 1.82) is 0 Å². The molecule has 1 saturated heterocycles. The number of likely N-dealkylation sites (tertiary alicyclic amines) is 1. The normalized spacial score (nSPS) is 18.2. The van der Waals surface area contributed by atoms with E-state index in [0.29, 0.717) is 0 Å². The molecule has 4 heteroatoms. The predicted octanol–water partition coefficient (Wildman–Crippen LogP) is 1.82. The molecule has 0 bridgehead atoms. The molecule has 1 aliphatic heterocycles. The highest BCUT2D eigenvalue weighted by molar-refractivity contribution is 5.26. The Bertz CT molecular complexity index is 350. The van der Waals surface area contributed by atoms with E-state index in [1.807, 2.05) is 12.3 Å². The largest absolute Gasteiger partial charge is 0.352 e. The highest BCUT2D eigenvalue weighted by Crippen LogP contribution is 2.19. The van der Waals surface area contributed by atoms with Crippen molar-refractivity contribution < 1.29 is 0 Å².